The maximum absolute atomic E-state index is 13.5. The molecule has 40 heavy (non-hydrogen) atoms. The number of amides is 1. The first-order valence-corrected chi connectivity index (χ1v) is 14.5. The number of aryl methyl sites for hydroxylation is 1. The normalized spacial score (nSPS) is 19.6. The van der Waals surface area contributed by atoms with Gasteiger partial charge in [-0.25, -0.2) is 4.39 Å². The van der Waals surface area contributed by atoms with Gasteiger partial charge in [0, 0.05) is 17.7 Å². The number of ether oxygens (including phenoxy) is 1. The van der Waals surface area contributed by atoms with Crippen LogP contribution < -0.4 is 9.64 Å². The Morgan fingerprint density at radius 3 is 2.60 bits per heavy atom. The van der Waals surface area contributed by atoms with E-state index in [0.717, 1.165) is 22.4 Å². The first-order chi connectivity index (χ1) is 19.3. The van der Waals surface area contributed by atoms with Crippen LogP contribution in [0.3, 0.4) is 0 Å². The van der Waals surface area contributed by atoms with E-state index in [-0.39, 0.29) is 28.4 Å². The molecule has 0 spiro atoms. The highest BCUT2D eigenvalue weighted by atomic mass is 32.2. The van der Waals surface area contributed by atoms with Gasteiger partial charge in [0.2, 0.25) is 5.13 Å². The molecular formula is C30H24FN3O4S2. The van der Waals surface area contributed by atoms with Crippen molar-refractivity contribution in [2.24, 2.45) is 0 Å². The molecule has 1 fully saturated rings. The zero-order chi connectivity index (χ0) is 28.0. The molecule has 0 bridgehead atoms. The molecule has 7 nitrogen and oxygen atoms in total. The number of carbonyl (C=O) groups is 2. The number of anilines is 1. The molecule has 2 aliphatic rings. The standard InChI is InChI=1S/C30H24FN3O4S2/c1-16-3-7-19(8-4-16)25-24(26(35)20-9-12-23-21(14-20)13-17(2)38-23)27(36)28(37)34(25)29-32-33-30(40-29)39-15-18-5-10-22(31)11-6-18/h3-12,14,17,25,35H,13,15H2,1-2H3/b26-24+. The third-order valence-corrected chi connectivity index (χ3v) is 9.01. The van der Waals surface area contributed by atoms with Crippen molar-refractivity contribution >= 4 is 45.7 Å². The number of aliphatic hydroxyl groups excluding tert-OH is 1. The summed E-state index contributed by atoms with van der Waals surface area (Å²) in [5.41, 5.74) is 3.97. The lowest BCUT2D eigenvalue weighted by Gasteiger charge is -2.22. The summed E-state index contributed by atoms with van der Waals surface area (Å²) in [6, 6.07) is 18.1. The van der Waals surface area contributed by atoms with Gasteiger partial charge in [-0.05, 0) is 60.9 Å². The molecule has 10 heteroatoms. The highest BCUT2D eigenvalue weighted by molar-refractivity contribution is 8.00. The highest BCUT2D eigenvalue weighted by Gasteiger charge is 2.48. The molecule has 6 rings (SSSR count). The lowest BCUT2D eigenvalue weighted by molar-refractivity contribution is -0.132. The van der Waals surface area contributed by atoms with E-state index in [1.807, 2.05) is 44.2 Å². The number of ketones is 1. The molecule has 3 aromatic carbocycles. The lowest BCUT2D eigenvalue weighted by Crippen LogP contribution is -2.29. The van der Waals surface area contributed by atoms with Gasteiger partial charge in [0.1, 0.15) is 23.4 Å². The smallest absolute Gasteiger partial charge is 0.301 e. The van der Waals surface area contributed by atoms with Crippen LogP contribution in [0.2, 0.25) is 0 Å². The number of hydrogen-bond acceptors (Lipinski definition) is 8. The monoisotopic (exact) mass is 573 g/mol. The van der Waals surface area contributed by atoms with E-state index in [1.165, 1.54) is 40.1 Å². The number of carbonyl (C=O) groups excluding carboxylic acids is 2. The predicted octanol–water partition coefficient (Wildman–Crippen LogP) is 6.23. The predicted molar refractivity (Wildman–Crippen MR) is 152 cm³/mol. The fraction of sp³-hybridized carbons (Fsp3) is 0.200. The minimum absolute atomic E-state index is 0.00326. The molecule has 1 aromatic heterocycles. The molecule has 1 saturated heterocycles. The van der Waals surface area contributed by atoms with Gasteiger partial charge in [-0.1, -0.05) is 65.1 Å². The Hall–Kier alpha value is -4.02. The van der Waals surface area contributed by atoms with Crippen LogP contribution in [0.25, 0.3) is 5.76 Å². The number of halogens is 1. The van der Waals surface area contributed by atoms with E-state index in [9.17, 15) is 19.1 Å². The number of hydrogen-bond donors (Lipinski definition) is 1. The van der Waals surface area contributed by atoms with Crippen molar-refractivity contribution in [2.45, 2.75) is 42.5 Å². The second-order valence-corrected chi connectivity index (χ2v) is 12.0. The van der Waals surface area contributed by atoms with E-state index in [2.05, 4.69) is 10.2 Å². The topological polar surface area (TPSA) is 92.6 Å². The lowest BCUT2D eigenvalue weighted by atomic mass is 9.94. The number of Topliss-reactive ketones (excluding diaryl/α,β-unsaturated/α-hetero) is 1. The van der Waals surface area contributed by atoms with Gasteiger partial charge in [-0.15, -0.1) is 10.2 Å². The summed E-state index contributed by atoms with van der Waals surface area (Å²) in [5, 5.41) is 20.2. The van der Waals surface area contributed by atoms with Crippen molar-refractivity contribution in [1.29, 1.82) is 0 Å². The first-order valence-electron chi connectivity index (χ1n) is 12.7. The third kappa shape index (κ3) is 4.89. The number of thioether (sulfide) groups is 1. The van der Waals surface area contributed by atoms with Gasteiger partial charge in [-0.2, -0.15) is 0 Å². The van der Waals surface area contributed by atoms with Gasteiger partial charge in [0.05, 0.1) is 11.6 Å². The number of rotatable bonds is 6. The van der Waals surface area contributed by atoms with Crippen LogP contribution in [0.15, 0.2) is 76.6 Å². The number of nitrogens with zero attached hydrogens (tertiary/aromatic N) is 3. The molecule has 1 amide bonds. The summed E-state index contributed by atoms with van der Waals surface area (Å²) in [6.45, 7) is 3.92. The molecule has 3 heterocycles. The summed E-state index contributed by atoms with van der Waals surface area (Å²) in [7, 11) is 0. The van der Waals surface area contributed by atoms with Crippen molar-refractivity contribution in [2.75, 3.05) is 4.90 Å². The van der Waals surface area contributed by atoms with Gasteiger partial charge < -0.3 is 9.84 Å². The Balaban J connectivity index is 1.38. The molecule has 2 unspecified atom stereocenters. The second-order valence-electron chi connectivity index (χ2n) is 9.80. The van der Waals surface area contributed by atoms with Gasteiger partial charge >= 0.3 is 5.91 Å². The fourth-order valence-electron chi connectivity index (χ4n) is 4.90. The van der Waals surface area contributed by atoms with Crippen LogP contribution >= 0.6 is 23.1 Å². The average Bonchev–Trinajstić information content (AvgIpc) is 3.63. The summed E-state index contributed by atoms with van der Waals surface area (Å²) in [6.07, 6.45) is 0.716. The molecule has 0 saturated carbocycles. The quantitative estimate of drug-likeness (QED) is 0.0961. The van der Waals surface area contributed by atoms with Crippen LogP contribution in [0, 0.1) is 12.7 Å². The molecule has 1 N–H and O–H groups in total. The van der Waals surface area contributed by atoms with Gasteiger partial charge in [0.15, 0.2) is 4.34 Å². The zero-order valence-corrected chi connectivity index (χ0v) is 23.3. The summed E-state index contributed by atoms with van der Waals surface area (Å²) < 4.78 is 19.6. The molecule has 2 aliphatic heterocycles. The fourth-order valence-corrected chi connectivity index (χ4v) is 6.73. The van der Waals surface area contributed by atoms with Crippen molar-refractivity contribution in [1.82, 2.24) is 10.2 Å². The van der Waals surface area contributed by atoms with Crippen LogP contribution in [0.1, 0.15) is 40.8 Å². The van der Waals surface area contributed by atoms with Crippen LogP contribution in [0.4, 0.5) is 9.52 Å². The molecule has 4 aromatic rings. The zero-order valence-electron chi connectivity index (χ0n) is 21.6. The summed E-state index contributed by atoms with van der Waals surface area (Å²) in [4.78, 5) is 28.2. The third-order valence-electron chi connectivity index (χ3n) is 6.88. The summed E-state index contributed by atoms with van der Waals surface area (Å²) in [5.74, 6) is -0.833. The van der Waals surface area contributed by atoms with Crippen molar-refractivity contribution < 1.29 is 23.8 Å². The average molecular weight is 574 g/mol. The number of aromatic nitrogens is 2. The minimum atomic E-state index is -0.882. The van der Waals surface area contributed by atoms with Crippen LogP contribution in [0.5, 0.6) is 5.75 Å². The van der Waals surface area contributed by atoms with E-state index < -0.39 is 17.7 Å². The minimum Gasteiger partial charge on any atom is -0.507 e. The van der Waals surface area contributed by atoms with Crippen molar-refractivity contribution in [3.05, 3.63) is 106 Å². The maximum Gasteiger partial charge on any atom is 0.301 e. The Labute approximate surface area is 238 Å². The number of aliphatic hydroxyl groups is 1. The van der Waals surface area contributed by atoms with E-state index in [1.54, 1.807) is 24.3 Å². The van der Waals surface area contributed by atoms with Crippen molar-refractivity contribution in [3.8, 4) is 5.75 Å². The Bertz CT molecular complexity index is 1650. The van der Waals surface area contributed by atoms with Gasteiger partial charge in [-0.3, -0.25) is 14.5 Å². The highest BCUT2D eigenvalue weighted by Crippen LogP contribution is 2.44. The van der Waals surface area contributed by atoms with Gasteiger partial charge in [0.25, 0.3) is 5.78 Å². The van der Waals surface area contributed by atoms with Crippen LogP contribution in [-0.2, 0) is 21.8 Å². The van der Waals surface area contributed by atoms with E-state index in [0.29, 0.717) is 27.6 Å². The Morgan fingerprint density at radius 2 is 1.85 bits per heavy atom. The summed E-state index contributed by atoms with van der Waals surface area (Å²) >= 11 is 2.59. The second kappa shape index (κ2) is 10.5. The van der Waals surface area contributed by atoms with E-state index in [4.69, 9.17) is 4.74 Å². The largest absolute Gasteiger partial charge is 0.507 e. The Morgan fingerprint density at radius 1 is 1.10 bits per heavy atom. The molecule has 202 valence electrons. The van der Waals surface area contributed by atoms with Crippen LogP contribution in [-0.4, -0.2) is 33.1 Å². The molecular weight excluding hydrogens is 549 g/mol. The van der Waals surface area contributed by atoms with Crippen molar-refractivity contribution in [3.63, 3.8) is 0 Å². The SMILES string of the molecule is Cc1ccc(C2/C(=C(\O)c3ccc4c(c3)CC(C)O4)C(=O)C(=O)N2c2nnc(SCc3ccc(F)cc3)s2)cc1. The molecule has 0 radical (unpaired) electrons. The maximum atomic E-state index is 13.5. The Kier molecular flexibility index (Phi) is 6.89. The molecule has 0 aliphatic carbocycles. The number of fused-ring (bicyclic) bond motifs is 1. The molecule has 2 atom stereocenters. The van der Waals surface area contributed by atoms with E-state index >= 15 is 0 Å². The first kappa shape index (κ1) is 26.2. The number of benzene rings is 3.